The van der Waals surface area contributed by atoms with E-state index in [1.165, 1.54) is 29.2 Å². The van der Waals surface area contributed by atoms with Crippen LogP contribution in [0.1, 0.15) is 56.6 Å². The van der Waals surface area contributed by atoms with E-state index in [0.29, 0.717) is 21.0 Å². The average Bonchev–Trinajstić information content (AvgIpc) is 3.01. The Bertz CT molecular complexity index is 1580. The number of nitrogens with zero attached hydrogens (tertiary/aromatic N) is 2. The minimum Gasteiger partial charge on any atom is -0.352 e. The number of rotatable bonds is 11. The number of anilines is 1. The van der Waals surface area contributed by atoms with E-state index in [9.17, 15) is 31.2 Å². The smallest absolute Gasteiger partial charge is 0.352 e. The number of alkyl halides is 3. The normalized spacial score (nSPS) is 14.9. The van der Waals surface area contributed by atoms with Gasteiger partial charge in [-0.15, -0.1) is 0 Å². The number of carbonyl (C=O) groups is 2. The third-order valence-corrected chi connectivity index (χ3v) is 10.1. The van der Waals surface area contributed by atoms with Gasteiger partial charge in [-0.25, -0.2) is 8.42 Å². The molecule has 1 saturated carbocycles. The van der Waals surface area contributed by atoms with E-state index in [2.05, 4.69) is 5.32 Å². The summed E-state index contributed by atoms with van der Waals surface area (Å²) in [6.45, 7) is 0.733. The Morgan fingerprint density at radius 3 is 2.20 bits per heavy atom. The summed E-state index contributed by atoms with van der Waals surface area (Å²) >= 11 is 12.4. The average molecular weight is 685 g/mol. The molecule has 1 atom stereocenters. The molecule has 7 nitrogen and oxygen atoms in total. The van der Waals surface area contributed by atoms with Gasteiger partial charge in [0, 0.05) is 17.6 Å². The Kier molecular flexibility index (Phi) is 11.4. The predicted octanol–water partition coefficient (Wildman–Crippen LogP) is 7.46. The monoisotopic (exact) mass is 683 g/mol. The van der Waals surface area contributed by atoms with Crippen LogP contribution in [0.15, 0.2) is 77.7 Å². The standard InChI is InChI=1S/C32H34Cl2F3N3O4S/c1-2-28(31(42)38-25-9-5-3-6-10-25)39(20-22-13-16-24(33)17-14-22)30(41)21-40(45(43,44)26-11-7-4-8-12-26)29-19-23(32(35,36)37)15-18-27(29)34/h4,7-8,11-19,25,28H,2-3,5-6,9-10,20-21H2,1H3,(H,38,42). The van der Waals surface area contributed by atoms with E-state index in [0.717, 1.165) is 44.2 Å². The van der Waals surface area contributed by atoms with E-state index >= 15 is 0 Å². The summed E-state index contributed by atoms with van der Waals surface area (Å²) in [4.78, 5) is 28.8. The molecule has 0 aromatic heterocycles. The Hall–Kier alpha value is -3.28. The molecule has 4 rings (SSSR count). The van der Waals surface area contributed by atoms with Gasteiger partial charge in [-0.3, -0.25) is 13.9 Å². The maximum Gasteiger partial charge on any atom is 0.416 e. The van der Waals surface area contributed by atoms with Crippen molar-refractivity contribution in [2.45, 2.75) is 75.1 Å². The summed E-state index contributed by atoms with van der Waals surface area (Å²) in [7, 11) is -4.61. The highest BCUT2D eigenvalue weighted by Crippen LogP contribution is 2.37. The summed E-state index contributed by atoms with van der Waals surface area (Å²) in [5.41, 5.74) is -1.04. The van der Waals surface area contributed by atoms with Gasteiger partial charge in [0.05, 0.1) is 21.2 Å². The molecule has 3 aromatic carbocycles. The zero-order chi connectivity index (χ0) is 32.8. The van der Waals surface area contributed by atoms with Crippen molar-refractivity contribution in [1.82, 2.24) is 10.2 Å². The van der Waals surface area contributed by atoms with Crippen LogP contribution in [0.25, 0.3) is 0 Å². The molecule has 0 bridgehead atoms. The van der Waals surface area contributed by atoms with Crippen LogP contribution in [-0.4, -0.2) is 43.8 Å². The molecule has 242 valence electrons. The molecular weight excluding hydrogens is 650 g/mol. The topological polar surface area (TPSA) is 86.8 Å². The van der Waals surface area contributed by atoms with Gasteiger partial charge in [0.1, 0.15) is 12.6 Å². The van der Waals surface area contributed by atoms with Gasteiger partial charge in [0.25, 0.3) is 10.0 Å². The predicted molar refractivity (Wildman–Crippen MR) is 169 cm³/mol. The van der Waals surface area contributed by atoms with E-state index in [1.807, 2.05) is 0 Å². The molecule has 2 amide bonds. The molecule has 0 aliphatic heterocycles. The van der Waals surface area contributed by atoms with Gasteiger partial charge in [-0.1, -0.05) is 79.7 Å². The zero-order valence-corrected chi connectivity index (χ0v) is 26.9. The fourth-order valence-corrected chi connectivity index (χ4v) is 7.21. The molecular formula is C32H34Cl2F3N3O4S. The summed E-state index contributed by atoms with van der Waals surface area (Å²) < 4.78 is 69.7. The van der Waals surface area contributed by atoms with E-state index < -0.39 is 45.9 Å². The van der Waals surface area contributed by atoms with Crippen LogP contribution in [0.4, 0.5) is 18.9 Å². The van der Waals surface area contributed by atoms with Crippen molar-refractivity contribution in [3.05, 3.63) is 94.0 Å². The first-order valence-corrected chi connectivity index (χ1v) is 16.8. The van der Waals surface area contributed by atoms with Gasteiger partial charge in [0.15, 0.2) is 0 Å². The van der Waals surface area contributed by atoms with Crippen molar-refractivity contribution in [3.63, 3.8) is 0 Å². The van der Waals surface area contributed by atoms with Crippen molar-refractivity contribution in [1.29, 1.82) is 0 Å². The molecule has 1 N–H and O–H groups in total. The maximum absolute atomic E-state index is 14.2. The van der Waals surface area contributed by atoms with Crippen LogP contribution >= 0.6 is 23.2 Å². The number of carbonyl (C=O) groups excluding carboxylic acids is 2. The summed E-state index contributed by atoms with van der Waals surface area (Å²) in [6, 6.07) is 14.9. The van der Waals surface area contributed by atoms with Gasteiger partial charge < -0.3 is 10.2 Å². The number of amides is 2. The second kappa shape index (κ2) is 14.9. The molecule has 0 spiro atoms. The third-order valence-electron chi connectivity index (χ3n) is 7.76. The Balaban J connectivity index is 1.77. The molecule has 1 unspecified atom stereocenters. The van der Waals surface area contributed by atoms with Gasteiger partial charge in [0.2, 0.25) is 11.8 Å². The highest BCUT2D eigenvalue weighted by Gasteiger charge is 2.37. The molecule has 1 aliphatic carbocycles. The fourth-order valence-electron chi connectivity index (χ4n) is 5.36. The van der Waals surface area contributed by atoms with Crippen LogP contribution in [0, 0.1) is 0 Å². The second-order valence-corrected chi connectivity index (χ2v) is 13.6. The van der Waals surface area contributed by atoms with Crippen molar-refractivity contribution in [2.24, 2.45) is 0 Å². The number of halogens is 5. The minimum absolute atomic E-state index is 0.0494. The number of sulfonamides is 1. The lowest BCUT2D eigenvalue weighted by Crippen LogP contribution is -2.54. The van der Waals surface area contributed by atoms with Gasteiger partial charge >= 0.3 is 6.18 Å². The highest BCUT2D eigenvalue weighted by atomic mass is 35.5. The van der Waals surface area contributed by atoms with Gasteiger partial charge in [-0.2, -0.15) is 13.2 Å². The molecule has 0 radical (unpaired) electrons. The first kappa shape index (κ1) is 34.6. The maximum atomic E-state index is 14.2. The molecule has 45 heavy (non-hydrogen) atoms. The molecule has 13 heteroatoms. The fraction of sp³-hybridized carbons (Fsp3) is 0.375. The van der Waals surface area contributed by atoms with Gasteiger partial charge in [-0.05, 0) is 67.3 Å². The summed E-state index contributed by atoms with van der Waals surface area (Å²) in [6.07, 6.45) is 0.0339. The van der Waals surface area contributed by atoms with Crippen molar-refractivity contribution in [2.75, 3.05) is 10.8 Å². The van der Waals surface area contributed by atoms with Crippen LogP contribution in [0.2, 0.25) is 10.0 Å². The second-order valence-electron chi connectivity index (χ2n) is 10.9. The van der Waals surface area contributed by atoms with Crippen LogP contribution < -0.4 is 9.62 Å². The Labute approximate surface area is 271 Å². The quantitative estimate of drug-likeness (QED) is 0.227. The van der Waals surface area contributed by atoms with E-state index in [-0.39, 0.29) is 34.8 Å². The lowest BCUT2D eigenvalue weighted by atomic mass is 9.95. The zero-order valence-electron chi connectivity index (χ0n) is 24.6. The summed E-state index contributed by atoms with van der Waals surface area (Å²) in [5.74, 6) is -1.19. The largest absolute Gasteiger partial charge is 0.416 e. The van der Waals surface area contributed by atoms with Crippen LogP contribution in [0.3, 0.4) is 0 Å². The molecule has 1 fully saturated rings. The Morgan fingerprint density at radius 2 is 1.60 bits per heavy atom. The van der Waals surface area contributed by atoms with Crippen LogP contribution in [-0.2, 0) is 32.3 Å². The first-order valence-electron chi connectivity index (χ1n) is 14.6. The van der Waals surface area contributed by atoms with Crippen molar-refractivity contribution in [3.8, 4) is 0 Å². The van der Waals surface area contributed by atoms with Crippen molar-refractivity contribution >= 4 is 50.7 Å². The molecule has 0 heterocycles. The van der Waals surface area contributed by atoms with Crippen LogP contribution in [0.5, 0.6) is 0 Å². The van der Waals surface area contributed by atoms with E-state index in [4.69, 9.17) is 23.2 Å². The molecule has 1 aliphatic rings. The highest BCUT2D eigenvalue weighted by molar-refractivity contribution is 7.92. The van der Waals surface area contributed by atoms with Crippen molar-refractivity contribution < 1.29 is 31.2 Å². The summed E-state index contributed by atoms with van der Waals surface area (Å²) in [5, 5.41) is 3.19. The molecule has 3 aromatic rings. The molecule has 0 saturated heterocycles. The number of nitrogens with one attached hydrogen (secondary N) is 1. The Morgan fingerprint density at radius 1 is 0.956 bits per heavy atom. The number of hydrogen-bond acceptors (Lipinski definition) is 4. The number of hydrogen-bond donors (Lipinski definition) is 1. The lowest BCUT2D eigenvalue weighted by Gasteiger charge is -2.34. The first-order chi connectivity index (χ1) is 21.3. The van der Waals surface area contributed by atoms with E-state index in [1.54, 1.807) is 37.3 Å². The number of benzene rings is 3. The lowest BCUT2D eigenvalue weighted by molar-refractivity contribution is -0.140. The minimum atomic E-state index is -4.81. The SMILES string of the molecule is CCC(C(=O)NC1CCCCC1)N(Cc1ccc(Cl)cc1)C(=O)CN(c1cc(C(F)(F)F)ccc1Cl)S(=O)(=O)c1ccccc1. The third kappa shape index (κ3) is 8.71.